The molecular weight excluding hydrogens is 488 g/mol. The monoisotopic (exact) mass is 528 g/mol. The molecule has 3 aromatic carbocycles. The van der Waals surface area contributed by atoms with Crippen molar-refractivity contribution in [3.8, 4) is 45.3 Å². The molecule has 4 rings (SSSR count). The zero-order chi connectivity index (χ0) is 27.8. The van der Waals surface area contributed by atoms with Crippen molar-refractivity contribution in [2.45, 2.75) is 66.7 Å². The van der Waals surface area contributed by atoms with E-state index in [0.29, 0.717) is 49.2 Å². The Hall–Kier alpha value is -3.73. The van der Waals surface area contributed by atoms with Crippen LogP contribution in [0.5, 0.6) is 23.0 Å². The number of fused-ring (bicyclic) bond motifs is 3. The van der Waals surface area contributed by atoms with Gasteiger partial charge in [0, 0.05) is 11.6 Å². The molecule has 0 fully saturated rings. The number of rotatable bonds is 13. The minimum atomic E-state index is -0.458. The van der Waals surface area contributed by atoms with E-state index in [9.17, 15) is 4.79 Å². The van der Waals surface area contributed by atoms with Gasteiger partial charge in [-0.3, -0.25) is 0 Å². The van der Waals surface area contributed by atoms with E-state index in [1.807, 2.05) is 6.92 Å². The predicted molar refractivity (Wildman–Crippen MR) is 157 cm³/mol. The summed E-state index contributed by atoms with van der Waals surface area (Å²) in [5.74, 6) is 1.65. The number of hydrogen-bond donors (Lipinski definition) is 0. The number of carbonyl (C=O) groups is 1. The van der Waals surface area contributed by atoms with Crippen molar-refractivity contribution in [2.75, 3.05) is 19.8 Å². The molecular formula is C34H40O5. The Labute approximate surface area is 232 Å². The molecule has 1 aliphatic rings. The van der Waals surface area contributed by atoms with Crippen LogP contribution in [0, 0.1) is 0 Å². The Kier molecular flexibility index (Phi) is 9.69. The molecule has 0 saturated heterocycles. The molecule has 5 heteroatoms. The SMILES string of the molecule is CC=CC(=O)Oc1c(CC)c(OCCC)c(-c2cccc3c2Cc2ccccc2-3)c(OCCC)c1OCCC. The van der Waals surface area contributed by atoms with Gasteiger partial charge in [-0.05, 0) is 66.8 Å². The third kappa shape index (κ3) is 5.83. The molecule has 1 aliphatic carbocycles. The fraction of sp³-hybridized carbons (Fsp3) is 0.382. The quantitative estimate of drug-likeness (QED) is 0.0992. The Balaban J connectivity index is 2.07. The summed E-state index contributed by atoms with van der Waals surface area (Å²) in [4.78, 5) is 12.7. The van der Waals surface area contributed by atoms with Crippen molar-refractivity contribution in [1.82, 2.24) is 0 Å². The van der Waals surface area contributed by atoms with E-state index in [2.05, 4.69) is 63.2 Å². The van der Waals surface area contributed by atoms with Crippen LogP contribution >= 0.6 is 0 Å². The lowest BCUT2D eigenvalue weighted by molar-refractivity contribution is -0.129. The highest BCUT2D eigenvalue weighted by atomic mass is 16.6. The van der Waals surface area contributed by atoms with Crippen LogP contribution in [0.25, 0.3) is 22.3 Å². The van der Waals surface area contributed by atoms with Gasteiger partial charge in [0.25, 0.3) is 0 Å². The second-order valence-electron chi connectivity index (χ2n) is 9.66. The molecule has 0 spiro atoms. The third-order valence-corrected chi connectivity index (χ3v) is 6.75. The van der Waals surface area contributed by atoms with Gasteiger partial charge in [-0.1, -0.05) is 76.2 Å². The summed E-state index contributed by atoms with van der Waals surface area (Å²) < 4.78 is 25.3. The van der Waals surface area contributed by atoms with Crippen LogP contribution in [-0.2, 0) is 17.6 Å². The van der Waals surface area contributed by atoms with Gasteiger partial charge in [-0.25, -0.2) is 4.79 Å². The van der Waals surface area contributed by atoms with Crippen molar-refractivity contribution in [1.29, 1.82) is 0 Å². The second kappa shape index (κ2) is 13.4. The Morgan fingerprint density at radius 2 is 1.36 bits per heavy atom. The van der Waals surface area contributed by atoms with Crippen LogP contribution in [-0.4, -0.2) is 25.8 Å². The smallest absolute Gasteiger partial charge is 0.335 e. The molecule has 0 radical (unpaired) electrons. The van der Waals surface area contributed by atoms with Gasteiger partial charge in [0.2, 0.25) is 5.75 Å². The standard InChI is InChI=1S/C34H40O5/c1-6-14-29(35)39-32-24(10-5)31(36-19-7-2)30(33(37-20-8-3)34(32)38-21-9-4)27-18-13-17-26-25-16-12-11-15-23(25)22-28(26)27/h6,11-18H,7-10,19-22H2,1-5H3. The van der Waals surface area contributed by atoms with Crippen LogP contribution in [0.1, 0.15) is 70.6 Å². The first kappa shape index (κ1) is 28.3. The van der Waals surface area contributed by atoms with Crippen molar-refractivity contribution in [2.24, 2.45) is 0 Å². The molecule has 0 heterocycles. The largest absolute Gasteiger partial charge is 0.492 e. The van der Waals surface area contributed by atoms with Gasteiger partial charge in [0.1, 0.15) is 5.75 Å². The van der Waals surface area contributed by atoms with Gasteiger partial charge in [0.05, 0.1) is 25.4 Å². The minimum Gasteiger partial charge on any atom is -0.492 e. The van der Waals surface area contributed by atoms with E-state index < -0.39 is 5.97 Å². The zero-order valence-corrected chi connectivity index (χ0v) is 23.9. The highest BCUT2D eigenvalue weighted by Gasteiger charge is 2.32. The average molecular weight is 529 g/mol. The number of carbonyl (C=O) groups excluding carboxylic acids is 1. The first-order valence-corrected chi connectivity index (χ1v) is 14.3. The zero-order valence-electron chi connectivity index (χ0n) is 23.9. The van der Waals surface area contributed by atoms with Gasteiger partial charge in [-0.2, -0.15) is 0 Å². The van der Waals surface area contributed by atoms with Crippen LogP contribution in [0.15, 0.2) is 54.6 Å². The molecule has 0 aromatic heterocycles. The molecule has 206 valence electrons. The highest BCUT2D eigenvalue weighted by molar-refractivity contribution is 5.93. The first-order valence-electron chi connectivity index (χ1n) is 14.3. The number of benzene rings is 3. The van der Waals surface area contributed by atoms with Crippen molar-refractivity contribution in [3.63, 3.8) is 0 Å². The Bertz CT molecular complexity index is 1340. The molecule has 0 saturated carbocycles. The van der Waals surface area contributed by atoms with E-state index in [1.165, 1.54) is 28.3 Å². The average Bonchev–Trinajstić information content (AvgIpc) is 3.33. The molecule has 0 atom stereocenters. The lowest BCUT2D eigenvalue weighted by atomic mass is 9.91. The number of hydrogen-bond acceptors (Lipinski definition) is 5. The van der Waals surface area contributed by atoms with Crippen LogP contribution < -0.4 is 18.9 Å². The van der Waals surface area contributed by atoms with Crippen LogP contribution in [0.2, 0.25) is 0 Å². The first-order chi connectivity index (χ1) is 19.1. The topological polar surface area (TPSA) is 54.0 Å². The fourth-order valence-electron chi connectivity index (χ4n) is 5.09. The maximum atomic E-state index is 12.7. The molecule has 39 heavy (non-hydrogen) atoms. The molecule has 0 bridgehead atoms. The number of esters is 1. The van der Waals surface area contributed by atoms with Crippen LogP contribution in [0.3, 0.4) is 0 Å². The molecule has 0 aliphatic heterocycles. The highest BCUT2D eigenvalue weighted by Crippen LogP contribution is 2.56. The van der Waals surface area contributed by atoms with E-state index in [4.69, 9.17) is 18.9 Å². The van der Waals surface area contributed by atoms with Crippen molar-refractivity contribution < 1.29 is 23.7 Å². The Morgan fingerprint density at radius 3 is 2.03 bits per heavy atom. The minimum absolute atomic E-state index is 0.380. The molecule has 0 unspecified atom stereocenters. The lowest BCUT2D eigenvalue weighted by Gasteiger charge is -2.26. The van der Waals surface area contributed by atoms with Gasteiger partial charge < -0.3 is 18.9 Å². The normalized spacial score (nSPS) is 11.8. The summed E-state index contributed by atoms with van der Waals surface area (Å²) in [5, 5.41) is 0. The maximum Gasteiger partial charge on any atom is 0.335 e. The van der Waals surface area contributed by atoms with Gasteiger partial charge >= 0.3 is 5.97 Å². The Morgan fingerprint density at radius 1 is 0.744 bits per heavy atom. The van der Waals surface area contributed by atoms with E-state index >= 15 is 0 Å². The third-order valence-electron chi connectivity index (χ3n) is 6.75. The summed E-state index contributed by atoms with van der Waals surface area (Å²) in [7, 11) is 0. The molecule has 0 amide bonds. The summed E-state index contributed by atoms with van der Waals surface area (Å²) >= 11 is 0. The maximum absolute atomic E-state index is 12.7. The lowest BCUT2D eigenvalue weighted by Crippen LogP contribution is -2.13. The number of ether oxygens (including phenoxy) is 4. The van der Waals surface area contributed by atoms with E-state index in [1.54, 1.807) is 13.0 Å². The van der Waals surface area contributed by atoms with Crippen LogP contribution in [0.4, 0.5) is 0 Å². The summed E-state index contributed by atoms with van der Waals surface area (Å²) in [6.07, 6.45) is 6.97. The number of allylic oxidation sites excluding steroid dienone is 1. The predicted octanol–water partition coefficient (Wildman–Crippen LogP) is 8.34. The molecule has 3 aromatic rings. The fourth-order valence-corrected chi connectivity index (χ4v) is 5.09. The molecule has 5 nitrogen and oxygen atoms in total. The van der Waals surface area contributed by atoms with E-state index in [0.717, 1.165) is 42.4 Å². The van der Waals surface area contributed by atoms with Crippen molar-refractivity contribution in [3.05, 3.63) is 71.3 Å². The van der Waals surface area contributed by atoms with Gasteiger partial charge in [-0.15, -0.1) is 0 Å². The van der Waals surface area contributed by atoms with Gasteiger partial charge in [0.15, 0.2) is 11.5 Å². The summed E-state index contributed by atoms with van der Waals surface area (Å²) in [6, 6.07) is 15.0. The van der Waals surface area contributed by atoms with Crippen molar-refractivity contribution >= 4 is 5.97 Å². The summed E-state index contributed by atoms with van der Waals surface area (Å²) in [5.41, 5.74) is 7.77. The summed E-state index contributed by atoms with van der Waals surface area (Å²) in [6.45, 7) is 11.5. The van der Waals surface area contributed by atoms with E-state index in [-0.39, 0.29) is 0 Å². The molecule has 0 N–H and O–H groups in total. The second-order valence-corrected chi connectivity index (χ2v) is 9.66.